The smallest absolute Gasteiger partial charge is 0.338 e. The van der Waals surface area contributed by atoms with Crippen LogP contribution in [0.2, 0.25) is 0 Å². The van der Waals surface area contributed by atoms with Crippen LogP contribution in [0.1, 0.15) is 54.8 Å². The molecule has 14 heteroatoms. The fourth-order valence-electron chi connectivity index (χ4n) is 5.58. The Hall–Kier alpha value is -3.23. The number of amidine groups is 1. The Balaban J connectivity index is 1.49. The van der Waals surface area contributed by atoms with Gasteiger partial charge in [-0.2, -0.15) is 0 Å². The van der Waals surface area contributed by atoms with Crippen LogP contribution in [-0.4, -0.2) is 65.5 Å². The number of piperidine rings is 1. The van der Waals surface area contributed by atoms with E-state index in [-0.39, 0.29) is 49.6 Å². The van der Waals surface area contributed by atoms with E-state index in [1.54, 1.807) is 18.5 Å². The fourth-order valence-corrected chi connectivity index (χ4v) is 8.26. The number of carbonyl (C=O) groups excluding carboxylic acids is 1. The highest BCUT2D eigenvalue weighted by Crippen LogP contribution is 2.41. The van der Waals surface area contributed by atoms with Crippen LogP contribution in [0.15, 0.2) is 40.0 Å². The number of aliphatic carboxylic acids is 1. The van der Waals surface area contributed by atoms with Crippen LogP contribution in [0.4, 0.5) is 8.78 Å². The normalized spacial score (nSPS) is 23.9. The third kappa shape index (κ3) is 5.52. The van der Waals surface area contributed by atoms with Crippen LogP contribution in [0.3, 0.4) is 0 Å². The molecule has 0 spiro atoms. The average Bonchev–Trinajstić information content (AvgIpc) is 3.45. The number of carboxylic acid groups (broad SMARTS) is 1. The number of benzene rings is 1. The molecule has 2 aliphatic heterocycles. The predicted molar refractivity (Wildman–Crippen MR) is 147 cm³/mol. The van der Waals surface area contributed by atoms with Crippen molar-refractivity contribution in [2.75, 3.05) is 19.7 Å². The lowest BCUT2D eigenvalue weighted by Gasteiger charge is -2.40. The van der Waals surface area contributed by atoms with Crippen LogP contribution in [0, 0.1) is 30.4 Å². The molecule has 220 valence electrons. The monoisotopic (exact) mass is 608 g/mol. The molecule has 2 fully saturated rings. The Morgan fingerprint density at radius 1 is 1.22 bits per heavy atom. The van der Waals surface area contributed by atoms with E-state index in [1.165, 1.54) is 28.6 Å². The molecule has 3 heterocycles. The highest BCUT2D eigenvalue weighted by atomic mass is 32.2. The van der Waals surface area contributed by atoms with Crippen LogP contribution < -0.4 is 5.32 Å². The molecule has 3 aliphatic rings. The molecule has 1 aliphatic carbocycles. The second-order valence-electron chi connectivity index (χ2n) is 10.3. The van der Waals surface area contributed by atoms with Crippen molar-refractivity contribution in [3.05, 3.63) is 62.7 Å². The van der Waals surface area contributed by atoms with Crippen molar-refractivity contribution < 1.29 is 36.6 Å². The Labute approximate surface area is 240 Å². The minimum absolute atomic E-state index is 0.0152. The zero-order valence-corrected chi connectivity index (χ0v) is 24.1. The van der Waals surface area contributed by atoms with Gasteiger partial charge in [0.15, 0.2) is 22.5 Å². The number of rotatable bonds is 8. The number of hydrogen-bond donors (Lipinski definition) is 2. The van der Waals surface area contributed by atoms with E-state index < -0.39 is 50.8 Å². The molecule has 1 saturated heterocycles. The van der Waals surface area contributed by atoms with Crippen molar-refractivity contribution >= 4 is 39.1 Å². The molecule has 41 heavy (non-hydrogen) atoms. The largest absolute Gasteiger partial charge is 0.481 e. The van der Waals surface area contributed by atoms with E-state index in [0.717, 1.165) is 6.07 Å². The minimum atomic E-state index is -3.67. The molecule has 0 amide bonds. The molecule has 0 unspecified atom stereocenters. The maximum atomic E-state index is 14.7. The summed E-state index contributed by atoms with van der Waals surface area (Å²) in [5.74, 6) is -4.27. The van der Waals surface area contributed by atoms with Crippen LogP contribution in [0.5, 0.6) is 0 Å². The second kappa shape index (κ2) is 11.6. The molecule has 5 rings (SSSR count). The number of nitrogens with one attached hydrogen (secondary N) is 1. The zero-order valence-electron chi connectivity index (χ0n) is 22.5. The van der Waals surface area contributed by atoms with Gasteiger partial charge in [-0.25, -0.2) is 31.3 Å². The van der Waals surface area contributed by atoms with Gasteiger partial charge in [0.2, 0.25) is 10.0 Å². The van der Waals surface area contributed by atoms with Gasteiger partial charge in [0.25, 0.3) is 0 Å². The van der Waals surface area contributed by atoms with E-state index in [1.807, 2.05) is 0 Å². The van der Waals surface area contributed by atoms with Crippen molar-refractivity contribution in [3.63, 3.8) is 0 Å². The topological polar surface area (TPSA) is 138 Å². The van der Waals surface area contributed by atoms with Crippen molar-refractivity contribution in [1.29, 1.82) is 0 Å². The first-order chi connectivity index (χ1) is 19.5. The van der Waals surface area contributed by atoms with Gasteiger partial charge in [-0.1, -0.05) is 6.07 Å². The summed E-state index contributed by atoms with van der Waals surface area (Å²) in [4.78, 5) is 33.6. The van der Waals surface area contributed by atoms with Crippen molar-refractivity contribution in [1.82, 2.24) is 14.6 Å². The molecule has 1 aromatic carbocycles. The third-order valence-corrected chi connectivity index (χ3v) is 11.1. The number of halogens is 2. The third-order valence-electron chi connectivity index (χ3n) is 7.97. The lowest BCUT2D eigenvalue weighted by molar-refractivity contribution is -0.144. The zero-order chi connectivity index (χ0) is 29.5. The summed E-state index contributed by atoms with van der Waals surface area (Å²) in [5.41, 5.74) is 0.967. The molecule has 10 nitrogen and oxygen atoms in total. The summed E-state index contributed by atoms with van der Waals surface area (Å²) < 4.78 is 61.8. The molecule has 1 aromatic heterocycles. The lowest BCUT2D eigenvalue weighted by atomic mass is 9.85. The molecule has 0 bridgehead atoms. The van der Waals surface area contributed by atoms with Crippen LogP contribution in [-0.2, 0) is 24.3 Å². The summed E-state index contributed by atoms with van der Waals surface area (Å²) in [7, 11) is -3.67. The van der Waals surface area contributed by atoms with Crippen LogP contribution in [0.25, 0.3) is 0 Å². The van der Waals surface area contributed by atoms with E-state index in [0.29, 0.717) is 34.9 Å². The Bertz CT molecular complexity index is 1510. The number of hydrogen-bond acceptors (Lipinski definition) is 9. The van der Waals surface area contributed by atoms with Gasteiger partial charge < -0.3 is 15.2 Å². The number of allylic oxidation sites excluding steroid dienone is 1. The van der Waals surface area contributed by atoms with Gasteiger partial charge in [-0.15, -0.1) is 11.3 Å². The number of aliphatic imine (C=N–C) groups is 1. The first-order valence-corrected chi connectivity index (χ1v) is 15.7. The average molecular weight is 609 g/mol. The molecule has 0 radical (unpaired) electrons. The maximum Gasteiger partial charge on any atom is 0.338 e. The summed E-state index contributed by atoms with van der Waals surface area (Å²) in [5, 5.41) is 14.0. The predicted octanol–water partition coefficient (Wildman–Crippen LogP) is 3.54. The number of nitrogens with zero attached hydrogens (tertiary/aromatic N) is 3. The van der Waals surface area contributed by atoms with E-state index in [9.17, 15) is 26.8 Å². The van der Waals surface area contributed by atoms with Gasteiger partial charge in [-0.05, 0) is 56.7 Å². The number of carboxylic acids is 1. The Morgan fingerprint density at radius 3 is 2.54 bits per heavy atom. The summed E-state index contributed by atoms with van der Waals surface area (Å²) in [6, 6.07) is 1.39. The summed E-state index contributed by atoms with van der Waals surface area (Å²) in [6.45, 7) is 3.53. The van der Waals surface area contributed by atoms with Gasteiger partial charge in [-0.3, -0.25) is 9.79 Å². The highest BCUT2D eigenvalue weighted by molar-refractivity contribution is 7.89. The Kier molecular flexibility index (Phi) is 8.26. The number of ether oxygens (including phenoxy) is 1. The van der Waals surface area contributed by atoms with Crippen molar-refractivity contribution in [2.45, 2.75) is 50.8 Å². The van der Waals surface area contributed by atoms with Crippen LogP contribution >= 0.6 is 11.3 Å². The van der Waals surface area contributed by atoms with Gasteiger partial charge in [0, 0.05) is 36.3 Å². The van der Waals surface area contributed by atoms with E-state index >= 15 is 0 Å². The Morgan fingerprint density at radius 2 is 1.93 bits per heavy atom. The SMILES string of the molecule is CCOC(=O)C1=C(C2CCN(S(=O)(=O)C3CC(C(=O)O)C3)CC2)NC(c2nccs2)=N[C@H]1c1ccc(F)c(F)c1C. The molecule has 1 saturated carbocycles. The fraction of sp³-hybridized carbons (Fsp3) is 0.481. The van der Waals surface area contributed by atoms with Crippen molar-refractivity contribution in [2.24, 2.45) is 16.8 Å². The lowest BCUT2D eigenvalue weighted by Crippen LogP contribution is -2.50. The summed E-state index contributed by atoms with van der Waals surface area (Å²) in [6.07, 6.45) is 2.54. The van der Waals surface area contributed by atoms with Gasteiger partial charge in [0.05, 0.1) is 23.3 Å². The molecular weight excluding hydrogens is 578 g/mol. The van der Waals surface area contributed by atoms with E-state index in [4.69, 9.17) is 14.8 Å². The van der Waals surface area contributed by atoms with Crippen molar-refractivity contribution in [3.8, 4) is 0 Å². The number of sulfonamides is 1. The summed E-state index contributed by atoms with van der Waals surface area (Å²) >= 11 is 1.32. The number of esters is 1. The minimum Gasteiger partial charge on any atom is -0.481 e. The number of thiazole rings is 1. The van der Waals surface area contributed by atoms with E-state index in [2.05, 4.69) is 10.3 Å². The number of aromatic nitrogens is 1. The van der Waals surface area contributed by atoms with Gasteiger partial charge in [0.1, 0.15) is 6.04 Å². The molecule has 2 aromatic rings. The first kappa shape index (κ1) is 29.3. The quantitative estimate of drug-likeness (QED) is 0.434. The highest BCUT2D eigenvalue weighted by Gasteiger charge is 2.46. The molecular formula is C27H30F2N4O6S2. The standard InChI is InChI=1S/C27H30F2N4O6S2/c1-3-39-27(36)20-22(15-6-9-33(10-7-15)41(37,38)17-12-16(13-17)26(34)35)31-24(25-30-8-11-40-25)32-23(20)18-4-5-19(28)21(29)14(18)2/h4-5,8,11,15-17,23H,3,6-7,9-10,12-13H2,1-2H3,(H,31,32)(H,34,35)/t16?,17?,23-/m0/s1. The van der Waals surface area contributed by atoms with Gasteiger partial charge >= 0.3 is 11.9 Å². The second-order valence-corrected chi connectivity index (χ2v) is 13.4. The molecule has 2 N–H and O–H groups in total. The number of carbonyl (C=O) groups is 2. The maximum absolute atomic E-state index is 14.7. The first-order valence-electron chi connectivity index (χ1n) is 13.3. The molecule has 1 atom stereocenters.